The largest absolute Gasteiger partial charge is 0.378 e. The number of nitrogens with zero attached hydrogens (tertiary/aromatic N) is 5. The van der Waals surface area contributed by atoms with E-state index in [1.54, 1.807) is 47.0 Å². The first-order valence-corrected chi connectivity index (χ1v) is 11.3. The van der Waals surface area contributed by atoms with Crippen LogP contribution in [0.5, 0.6) is 0 Å². The zero-order chi connectivity index (χ0) is 23.7. The van der Waals surface area contributed by atoms with E-state index in [2.05, 4.69) is 4.98 Å². The third-order valence-corrected chi connectivity index (χ3v) is 6.25. The Bertz CT molecular complexity index is 1330. The molecule has 0 radical (unpaired) electrons. The third-order valence-electron chi connectivity index (χ3n) is 5.99. The molecule has 2 aromatic heterocycles. The van der Waals surface area contributed by atoms with Gasteiger partial charge < -0.3 is 14.5 Å². The number of hydrogen-bond acceptors (Lipinski definition) is 5. The molecule has 0 unspecified atom stereocenters. The first-order valence-electron chi connectivity index (χ1n) is 11.0. The number of ether oxygens (including phenoxy) is 1. The van der Waals surface area contributed by atoms with Crippen molar-refractivity contribution in [1.82, 2.24) is 19.5 Å². The molecule has 0 N–H and O–H groups in total. The molecule has 1 fully saturated rings. The predicted molar refractivity (Wildman–Crippen MR) is 129 cm³/mol. The van der Waals surface area contributed by atoms with E-state index in [-0.39, 0.29) is 18.3 Å². The van der Waals surface area contributed by atoms with E-state index in [1.165, 1.54) is 6.07 Å². The zero-order valence-electron chi connectivity index (χ0n) is 18.6. The molecule has 0 spiro atoms. The van der Waals surface area contributed by atoms with Gasteiger partial charge in [0.15, 0.2) is 5.65 Å². The SMILES string of the molecule is COCc1c(C(=O)N2CCN(c3ccccc3F)CC2)cnc2cc(-c3ccc(Cl)cc3)nn12. The van der Waals surface area contributed by atoms with Gasteiger partial charge in [0, 0.05) is 56.1 Å². The minimum Gasteiger partial charge on any atom is -0.378 e. The molecule has 0 atom stereocenters. The van der Waals surface area contributed by atoms with Crippen LogP contribution in [0.15, 0.2) is 60.8 Å². The lowest BCUT2D eigenvalue weighted by Crippen LogP contribution is -2.49. The summed E-state index contributed by atoms with van der Waals surface area (Å²) in [5.74, 6) is -0.396. The van der Waals surface area contributed by atoms with Crippen LogP contribution in [0.2, 0.25) is 5.02 Å². The molecular formula is C25H23ClFN5O2. The van der Waals surface area contributed by atoms with Crippen molar-refractivity contribution in [3.05, 3.63) is 82.9 Å². The van der Waals surface area contributed by atoms with Gasteiger partial charge in [-0.25, -0.2) is 13.9 Å². The molecule has 0 saturated carbocycles. The van der Waals surface area contributed by atoms with Gasteiger partial charge in [0.25, 0.3) is 5.91 Å². The van der Waals surface area contributed by atoms with Gasteiger partial charge in [-0.2, -0.15) is 5.10 Å². The summed E-state index contributed by atoms with van der Waals surface area (Å²) >= 11 is 6.01. The molecule has 4 aromatic rings. The van der Waals surface area contributed by atoms with Gasteiger partial charge in [0.1, 0.15) is 5.82 Å². The van der Waals surface area contributed by atoms with Gasteiger partial charge in [0.05, 0.1) is 29.2 Å². The molecule has 1 saturated heterocycles. The maximum Gasteiger partial charge on any atom is 0.257 e. The van der Waals surface area contributed by atoms with Gasteiger partial charge in [0.2, 0.25) is 0 Å². The van der Waals surface area contributed by atoms with Crippen molar-refractivity contribution in [3.8, 4) is 11.3 Å². The van der Waals surface area contributed by atoms with E-state index in [1.807, 2.05) is 29.2 Å². The summed E-state index contributed by atoms with van der Waals surface area (Å²) in [7, 11) is 1.58. The van der Waals surface area contributed by atoms with Crippen molar-refractivity contribution in [1.29, 1.82) is 0 Å². The lowest BCUT2D eigenvalue weighted by atomic mass is 10.1. The Morgan fingerprint density at radius 1 is 1.09 bits per heavy atom. The Labute approximate surface area is 201 Å². The molecule has 174 valence electrons. The first-order chi connectivity index (χ1) is 16.5. The number of benzene rings is 2. The highest BCUT2D eigenvalue weighted by Gasteiger charge is 2.27. The molecule has 0 aliphatic carbocycles. The number of anilines is 1. The number of piperazine rings is 1. The third kappa shape index (κ3) is 4.22. The number of fused-ring (bicyclic) bond motifs is 1. The zero-order valence-corrected chi connectivity index (χ0v) is 19.4. The summed E-state index contributed by atoms with van der Waals surface area (Å²) in [6, 6.07) is 16.0. The minimum atomic E-state index is -0.255. The van der Waals surface area contributed by atoms with Crippen LogP contribution in [0.1, 0.15) is 16.1 Å². The highest BCUT2D eigenvalue weighted by molar-refractivity contribution is 6.30. The normalized spacial score (nSPS) is 14.1. The van der Waals surface area contributed by atoms with Crippen LogP contribution in [0.3, 0.4) is 0 Å². The van der Waals surface area contributed by atoms with Crippen LogP contribution >= 0.6 is 11.6 Å². The molecule has 9 heteroatoms. The van der Waals surface area contributed by atoms with Crippen molar-refractivity contribution >= 4 is 28.8 Å². The lowest BCUT2D eigenvalue weighted by Gasteiger charge is -2.36. The van der Waals surface area contributed by atoms with E-state index in [4.69, 9.17) is 21.4 Å². The predicted octanol–water partition coefficient (Wildman–Crippen LogP) is 4.30. The van der Waals surface area contributed by atoms with E-state index in [0.717, 1.165) is 11.3 Å². The van der Waals surface area contributed by atoms with Crippen molar-refractivity contribution in [2.45, 2.75) is 6.61 Å². The standard InChI is InChI=1S/C25H23ClFN5O2/c1-34-16-23-19(15-28-24-14-21(29-32(23)24)17-6-8-18(26)9-7-17)25(33)31-12-10-30(11-13-31)22-5-3-2-4-20(22)27/h2-9,14-15H,10-13,16H2,1H3. The number of carbonyl (C=O) groups excluding carboxylic acids is 1. The van der Waals surface area contributed by atoms with Crippen molar-refractivity contribution in [2.24, 2.45) is 0 Å². The topological polar surface area (TPSA) is 63.0 Å². The molecule has 1 aliphatic heterocycles. The van der Waals surface area contributed by atoms with Gasteiger partial charge in [-0.05, 0) is 24.3 Å². The summed E-state index contributed by atoms with van der Waals surface area (Å²) in [6.45, 7) is 2.26. The van der Waals surface area contributed by atoms with E-state index >= 15 is 0 Å². The van der Waals surface area contributed by atoms with Crippen LogP contribution in [-0.4, -0.2) is 58.7 Å². The number of methoxy groups -OCH3 is 1. The summed E-state index contributed by atoms with van der Waals surface area (Å²) in [6.07, 6.45) is 1.59. The van der Waals surface area contributed by atoms with Crippen LogP contribution in [0, 0.1) is 5.82 Å². The molecule has 7 nitrogen and oxygen atoms in total. The Kier molecular flexibility index (Phi) is 6.17. The molecule has 0 bridgehead atoms. The average Bonchev–Trinajstić information content (AvgIpc) is 3.30. The molecule has 34 heavy (non-hydrogen) atoms. The highest BCUT2D eigenvalue weighted by Crippen LogP contribution is 2.25. The van der Waals surface area contributed by atoms with Crippen LogP contribution in [0.25, 0.3) is 16.9 Å². The minimum absolute atomic E-state index is 0.141. The molecular weight excluding hydrogens is 457 g/mol. The second-order valence-corrected chi connectivity index (χ2v) is 8.53. The Morgan fingerprint density at radius 2 is 1.82 bits per heavy atom. The van der Waals surface area contributed by atoms with Crippen LogP contribution in [-0.2, 0) is 11.3 Å². The summed E-state index contributed by atoms with van der Waals surface area (Å²) in [5.41, 5.74) is 3.88. The second kappa shape index (κ2) is 9.40. The molecule has 5 rings (SSSR count). The summed E-state index contributed by atoms with van der Waals surface area (Å²) < 4.78 is 21.2. The van der Waals surface area contributed by atoms with Crippen molar-refractivity contribution < 1.29 is 13.9 Å². The van der Waals surface area contributed by atoms with E-state index < -0.39 is 0 Å². The molecule has 1 amide bonds. The fourth-order valence-corrected chi connectivity index (χ4v) is 4.35. The fourth-order valence-electron chi connectivity index (χ4n) is 4.23. The quantitative estimate of drug-likeness (QED) is 0.427. The second-order valence-electron chi connectivity index (χ2n) is 8.09. The Balaban J connectivity index is 1.41. The monoisotopic (exact) mass is 479 g/mol. The molecule has 1 aliphatic rings. The summed E-state index contributed by atoms with van der Waals surface area (Å²) in [5, 5.41) is 5.34. The van der Waals surface area contributed by atoms with Crippen LogP contribution in [0.4, 0.5) is 10.1 Å². The van der Waals surface area contributed by atoms with Crippen LogP contribution < -0.4 is 4.90 Å². The van der Waals surface area contributed by atoms with E-state index in [0.29, 0.717) is 53.8 Å². The number of hydrogen-bond donors (Lipinski definition) is 0. The number of carbonyl (C=O) groups is 1. The number of halogens is 2. The number of rotatable bonds is 5. The summed E-state index contributed by atoms with van der Waals surface area (Å²) in [4.78, 5) is 21.7. The smallest absolute Gasteiger partial charge is 0.257 e. The van der Waals surface area contributed by atoms with Crippen molar-refractivity contribution in [3.63, 3.8) is 0 Å². The first kappa shape index (κ1) is 22.3. The van der Waals surface area contributed by atoms with Gasteiger partial charge in [-0.15, -0.1) is 0 Å². The van der Waals surface area contributed by atoms with Crippen molar-refractivity contribution in [2.75, 3.05) is 38.2 Å². The lowest BCUT2D eigenvalue weighted by molar-refractivity contribution is 0.0739. The molecule has 2 aromatic carbocycles. The maximum atomic E-state index is 14.2. The van der Waals surface area contributed by atoms with Gasteiger partial charge in [-0.3, -0.25) is 4.79 Å². The average molecular weight is 480 g/mol. The number of aromatic nitrogens is 3. The Morgan fingerprint density at radius 3 is 2.53 bits per heavy atom. The highest BCUT2D eigenvalue weighted by atomic mass is 35.5. The van der Waals surface area contributed by atoms with Gasteiger partial charge >= 0.3 is 0 Å². The van der Waals surface area contributed by atoms with Gasteiger partial charge in [-0.1, -0.05) is 35.9 Å². The number of para-hydroxylation sites is 1. The molecule has 3 heterocycles. The fraction of sp³-hybridized carbons (Fsp3) is 0.240. The Hall–Kier alpha value is -3.49. The van der Waals surface area contributed by atoms with E-state index in [9.17, 15) is 9.18 Å². The number of amides is 1. The maximum absolute atomic E-state index is 14.2.